The Morgan fingerprint density at radius 2 is 1.82 bits per heavy atom. The lowest BCUT2D eigenvalue weighted by molar-refractivity contribution is -0.137. The van der Waals surface area contributed by atoms with E-state index in [4.69, 9.17) is 4.74 Å². The second-order valence-electron chi connectivity index (χ2n) is 9.74. The molecule has 0 bridgehead atoms. The molecule has 1 heterocycles. The van der Waals surface area contributed by atoms with Gasteiger partial charge in [-0.05, 0) is 67.9 Å². The number of nitrogens with one attached hydrogen (secondary N) is 1. The first kappa shape index (κ1) is 24.3. The first-order valence-electron chi connectivity index (χ1n) is 13.0. The van der Waals surface area contributed by atoms with Gasteiger partial charge in [-0.2, -0.15) is 0 Å². The van der Waals surface area contributed by atoms with Crippen LogP contribution in [0.1, 0.15) is 80.7 Å². The minimum absolute atomic E-state index is 0.0739. The van der Waals surface area contributed by atoms with Crippen molar-refractivity contribution in [1.29, 1.82) is 0 Å². The molecule has 1 aliphatic heterocycles. The SMILES string of the molecule is CCCNC(=O)C(CC)Oc1ccc2c(c1)C(c1ccc(C)cc1)N(C(=O)C1CCCC1)CC2. The summed E-state index contributed by atoms with van der Waals surface area (Å²) in [5.41, 5.74) is 4.69. The van der Waals surface area contributed by atoms with Crippen LogP contribution in [0.3, 0.4) is 0 Å². The quantitative estimate of drug-likeness (QED) is 0.576. The first-order valence-corrected chi connectivity index (χ1v) is 13.0. The van der Waals surface area contributed by atoms with Crippen LogP contribution in [0.25, 0.3) is 0 Å². The smallest absolute Gasteiger partial charge is 0.261 e. The van der Waals surface area contributed by atoms with Gasteiger partial charge in [0.1, 0.15) is 5.75 Å². The molecule has 5 heteroatoms. The highest BCUT2D eigenvalue weighted by molar-refractivity contribution is 5.81. The van der Waals surface area contributed by atoms with E-state index in [9.17, 15) is 9.59 Å². The van der Waals surface area contributed by atoms with Gasteiger partial charge in [0, 0.05) is 19.0 Å². The molecule has 0 aromatic heterocycles. The lowest BCUT2D eigenvalue weighted by atomic mass is 9.86. The summed E-state index contributed by atoms with van der Waals surface area (Å²) >= 11 is 0. The molecular formula is C29H38N2O3. The lowest BCUT2D eigenvalue weighted by Gasteiger charge is -2.39. The number of ether oxygens (including phenoxy) is 1. The van der Waals surface area contributed by atoms with Gasteiger partial charge < -0.3 is 15.0 Å². The highest BCUT2D eigenvalue weighted by atomic mass is 16.5. The maximum atomic E-state index is 13.6. The van der Waals surface area contributed by atoms with Crippen molar-refractivity contribution in [2.45, 2.75) is 77.9 Å². The fraction of sp³-hybridized carbons (Fsp3) is 0.517. The van der Waals surface area contributed by atoms with E-state index in [0.29, 0.717) is 18.7 Å². The predicted octanol–water partition coefficient (Wildman–Crippen LogP) is 5.34. The largest absolute Gasteiger partial charge is 0.481 e. The van der Waals surface area contributed by atoms with Crippen LogP contribution in [-0.2, 0) is 16.0 Å². The van der Waals surface area contributed by atoms with Gasteiger partial charge in [0.25, 0.3) is 5.91 Å². The minimum atomic E-state index is -0.526. The Bertz CT molecular complexity index is 995. The van der Waals surface area contributed by atoms with Gasteiger partial charge >= 0.3 is 0 Å². The van der Waals surface area contributed by atoms with Gasteiger partial charge in [-0.1, -0.05) is 62.6 Å². The van der Waals surface area contributed by atoms with E-state index in [2.05, 4.69) is 53.5 Å². The van der Waals surface area contributed by atoms with Gasteiger partial charge in [0.05, 0.1) is 6.04 Å². The second kappa shape index (κ2) is 11.1. The fourth-order valence-electron chi connectivity index (χ4n) is 5.27. The number of carbonyl (C=O) groups is 2. The summed E-state index contributed by atoms with van der Waals surface area (Å²) in [6.07, 6.45) is 6.09. The molecule has 2 aliphatic rings. The Hall–Kier alpha value is -2.82. The van der Waals surface area contributed by atoms with Gasteiger partial charge in [-0.25, -0.2) is 0 Å². The molecule has 0 saturated heterocycles. The predicted molar refractivity (Wildman–Crippen MR) is 135 cm³/mol. The molecule has 182 valence electrons. The summed E-state index contributed by atoms with van der Waals surface area (Å²) in [4.78, 5) is 28.2. The second-order valence-corrected chi connectivity index (χ2v) is 9.74. The van der Waals surface area contributed by atoms with Crippen molar-refractivity contribution in [3.8, 4) is 5.75 Å². The number of aryl methyl sites for hydroxylation is 1. The van der Waals surface area contributed by atoms with E-state index in [1.54, 1.807) is 0 Å². The van der Waals surface area contributed by atoms with Crippen molar-refractivity contribution in [1.82, 2.24) is 10.2 Å². The zero-order chi connectivity index (χ0) is 24.1. The number of carbonyl (C=O) groups excluding carboxylic acids is 2. The third-order valence-corrected chi connectivity index (χ3v) is 7.22. The fourth-order valence-corrected chi connectivity index (χ4v) is 5.27. The summed E-state index contributed by atoms with van der Waals surface area (Å²) in [5.74, 6) is 1.03. The molecule has 2 aromatic carbocycles. The van der Waals surface area contributed by atoms with Gasteiger partial charge in [0.15, 0.2) is 6.10 Å². The number of hydrogen-bond donors (Lipinski definition) is 1. The van der Waals surface area contributed by atoms with Crippen molar-refractivity contribution in [2.24, 2.45) is 5.92 Å². The normalized spacial score (nSPS) is 18.9. The van der Waals surface area contributed by atoms with Crippen molar-refractivity contribution < 1.29 is 14.3 Å². The standard InChI is InChI=1S/C29H38N2O3/c1-4-17-30-28(32)26(5-2)34-24-15-14-21-16-18-31(29(33)23-8-6-7-9-23)27(25(21)19-24)22-12-10-20(3)11-13-22/h10-15,19,23,26-27H,4-9,16-18H2,1-3H3,(H,30,32). The molecule has 5 nitrogen and oxygen atoms in total. The van der Waals surface area contributed by atoms with Crippen LogP contribution in [0.5, 0.6) is 5.75 Å². The molecule has 2 atom stereocenters. The molecule has 2 aromatic rings. The maximum absolute atomic E-state index is 13.6. The van der Waals surface area contributed by atoms with E-state index in [-0.39, 0.29) is 23.8 Å². The van der Waals surface area contributed by atoms with Crippen LogP contribution < -0.4 is 10.1 Å². The molecular weight excluding hydrogens is 424 g/mol. The van der Waals surface area contributed by atoms with Gasteiger partial charge in [-0.15, -0.1) is 0 Å². The molecule has 34 heavy (non-hydrogen) atoms. The Kier molecular flexibility index (Phi) is 7.91. The van der Waals surface area contributed by atoms with Crippen LogP contribution in [-0.4, -0.2) is 35.9 Å². The van der Waals surface area contributed by atoms with Crippen LogP contribution in [0.4, 0.5) is 0 Å². The summed E-state index contributed by atoms with van der Waals surface area (Å²) in [7, 11) is 0. The first-order chi connectivity index (χ1) is 16.5. The summed E-state index contributed by atoms with van der Waals surface area (Å²) < 4.78 is 6.17. The number of rotatable bonds is 8. The Balaban J connectivity index is 1.67. The Labute approximate surface area is 203 Å². The molecule has 4 rings (SSSR count). The topological polar surface area (TPSA) is 58.6 Å². The lowest BCUT2D eigenvalue weighted by Crippen LogP contribution is -2.43. The number of hydrogen-bond acceptors (Lipinski definition) is 3. The van der Waals surface area contributed by atoms with Gasteiger partial charge in [-0.3, -0.25) is 9.59 Å². The third kappa shape index (κ3) is 5.29. The van der Waals surface area contributed by atoms with E-state index >= 15 is 0 Å². The molecule has 1 N–H and O–H groups in total. The van der Waals surface area contributed by atoms with E-state index in [1.807, 2.05) is 19.9 Å². The van der Waals surface area contributed by atoms with Crippen molar-refractivity contribution in [2.75, 3.05) is 13.1 Å². The molecule has 2 amide bonds. The monoisotopic (exact) mass is 462 g/mol. The number of fused-ring (bicyclic) bond motifs is 1. The number of benzene rings is 2. The summed E-state index contributed by atoms with van der Waals surface area (Å²) in [6, 6.07) is 14.5. The molecule has 0 radical (unpaired) electrons. The highest BCUT2D eigenvalue weighted by Crippen LogP contribution is 2.40. The van der Waals surface area contributed by atoms with Crippen LogP contribution in [0.15, 0.2) is 42.5 Å². The minimum Gasteiger partial charge on any atom is -0.481 e. The average Bonchev–Trinajstić information content (AvgIpc) is 3.40. The van der Waals surface area contributed by atoms with Gasteiger partial charge in [0.2, 0.25) is 5.91 Å². The zero-order valence-corrected chi connectivity index (χ0v) is 20.8. The number of nitrogens with zero attached hydrogens (tertiary/aromatic N) is 1. The molecule has 2 unspecified atom stereocenters. The Morgan fingerprint density at radius 1 is 1.09 bits per heavy atom. The highest BCUT2D eigenvalue weighted by Gasteiger charge is 2.36. The van der Waals surface area contributed by atoms with E-state index in [0.717, 1.165) is 56.2 Å². The molecule has 1 fully saturated rings. The molecule has 1 aliphatic carbocycles. The molecule has 0 spiro atoms. The van der Waals surface area contributed by atoms with Crippen molar-refractivity contribution >= 4 is 11.8 Å². The molecule has 1 saturated carbocycles. The third-order valence-electron chi connectivity index (χ3n) is 7.22. The van der Waals surface area contributed by atoms with Crippen LogP contribution >= 0.6 is 0 Å². The average molecular weight is 463 g/mol. The van der Waals surface area contributed by atoms with Crippen LogP contribution in [0, 0.1) is 12.8 Å². The van der Waals surface area contributed by atoms with Crippen molar-refractivity contribution in [3.05, 3.63) is 64.7 Å². The number of amides is 2. The Morgan fingerprint density at radius 3 is 2.50 bits per heavy atom. The van der Waals surface area contributed by atoms with E-state index < -0.39 is 6.10 Å². The summed E-state index contributed by atoms with van der Waals surface area (Å²) in [6.45, 7) is 7.47. The van der Waals surface area contributed by atoms with Crippen molar-refractivity contribution in [3.63, 3.8) is 0 Å². The van der Waals surface area contributed by atoms with Crippen LogP contribution in [0.2, 0.25) is 0 Å². The van der Waals surface area contributed by atoms with E-state index in [1.165, 1.54) is 11.1 Å². The maximum Gasteiger partial charge on any atom is 0.261 e. The zero-order valence-electron chi connectivity index (χ0n) is 20.8. The summed E-state index contributed by atoms with van der Waals surface area (Å²) in [5, 5.41) is 2.94.